The number of rotatable bonds is 6. The SMILES string of the molecule is CCN(CC)CC.O=S(=O)(O)CCS(=O)(=O)O. The van der Waals surface area contributed by atoms with Crippen LogP contribution in [0.4, 0.5) is 0 Å². The van der Waals surface area contributed by atoms with Crippen molar-refractivity contribution < 1.29 is 25.9 Å². The smallest absolute Gasteiger partial charge is 0.265 e. The van der Waals surface area contributed by atoms with Gasteiger partial charge in [-0.3, -0.25) is 9.11 Å². The maximum Gasteiger partial charge on any atom is 0.265 e. The molecule has 7 nitrogen and oxygen atoms in total. The van der Waals surface area contributed by atoms with E-state index in [1.807, 2.05) is 0 Å². The van der Waals surface area contributed by atoms with E-state index >= 15 is 0 Å². The van der Waals surface area contributed by atoms with Crippen LogP contribution in [0.3, 0.4) is 0 Å². The molecule has 17 heavy (non-hydrogen) atoms. The van der Waals surface area contributed by atoms with Gasteiger partial charge < -0.3 is 4.90 Å². The van der Waals surface area contributed by atoms with Crippen molar-refractivity contribution in [1.29, 1.82) is 0 Å². The largest absolute Gasteiger partial charge is 0.304 e. The third kappa shape index (κ3) is 18.3. The molecule has 0 atom stereocenters. The second-order valence-corrected chi connectivity index (χ2v) is 6.34. The minimum Gasteiger partial charge on any atom is -0.304 e. The first-order valence-electron chi connectivity index (χ1n) is 5.18. The van der Waals surface area contributed by atoms with Crippen molar-refractivity contribution >= 4 is 20.2 Å². The fourth-order valence-electron chi connectivity index (χ4n) is 0.881. The summed E-state index contributed by atoms with van der Waals surface area (Å²) in [4.78, 5) is 2.38. The maximum atomic E-state index is 9.86. The second kappa shape index (κ2) is 8.81. The number of nitrogens with zero attached hydrogens (tertiary/aromatic N) is 1. The quantitative estimate of drug-likeness (QED) is 0.668. The van der Waals surface area contributed by atoms with Gasteiger partial charge in [-0.15, -0.1) is 0 Å². The molecular formula is C8H21NO6S2. The van der Waals surface area contributed by atoms with E-state index in [1.165, 1.54) is 19.6 Å². The first-order valence-corrected chi connectivity index (χ1v) is 8.40. The monoisotopic (exact) mass is 291 g/mol. The molecule has 0 spiro atoms. The van der Waals surface area contributed by atoms with Crippen LogP contribution >= 0.6 is 0 Å². The Morgan fingerprint density at radius 3 is 1.06 bits per heavy atom. The summed E-state index contributed by atoms with van der Waals surface area (Å²) in [5.41, 5.74) is 0. The van der Waals surface area contributed by atoms with Crippen LogP contribution in [-0.2, 0) is 20.2 Å². The second-order valence-electron chi connectivity index (χ2n) is 3.19. The molecule has 0 saturated carbocycles. The fourth-order valence-corrected chi connectivity index (χ4v) is 2.57. The zero-order valence-corrected chi connectivity index (χ0v) is 12.0. The van der Waals surface area contributed by atoms with E-state index in [9.17, 15) is 16.8 Å². The maximum absolute atomic E-state index is 9.86. The van der Waals surface area contributed by atoms with Crippen molar-refractivity contribution in [3.8, 4) is 0 Å². The van der Waals surface area contributed by atoms with E-state index in [4.69, 9.17) is 9.11 Å². The molecule has 2 N–H and O–H groups in total. The summed E-state index contributed by atoms with van der Waals surface area (Å²) in [6.45, 7) is 10.1. The van der Waals surface area contributed by atoms with E-state index in [0.717, 1.165) is 0 Å². The van der Waals surface area contributed by atoms with Crippen LogP contribution in [0.25, 0.3) is 0 Å². The molecule has 0 unspecified atom stereocenters. The molecule has 0 aromatic rings. The van der Waals surface area contributed by atoms with E-state index in [0.29, 0.717) is 0 Å². The van der Waals surface area contributed by atoms with Gasteiger partial charge in [-0.25, -0.2) is 0 Å². The molecule has 0 rings (SSSR count). The molecule has 106 valence electrons. The highest BCUT2D eigenvalue weighted by atomic mass is 32.2. The lowest BCUT2D eigenvalue weighted by atomic mass is 10.5. The highest BCUT2D eigenvalue weighted by Crippen LogP contribution is 1.87. The first kappa shape index (κ1) is 19.1. The molecule has 0 aliphatic heterocycles. The van der Waals surface area contributed by atoms with Gasteiger partial charge in [0, 0.05) is 0 Å². The Kier molecular flexibility index (Phi) is 9.91. The van der Waals surface area contributed by atoms with E-state index in [2.05, 4.69) is 25.7 Å². The average Bonchev–Trinajstić information content (AvgIpc) is 2.17. The van der Waals surface area contributed by atoms with Crippen molar-refractivity contribution in [2.24, 2.45) is 0 Å². The Labute approximate surface area is 103 Å². The summed E-state index contributed by atoms with van der Waals surface area (Å²) in [7, 11) is -8.59. The molecule has 0 bridgehead atoms. The molecule has 0 amide bonds. The standard InChI is InChI=1S/C6H15N.C2H6O6S2/c1-4-7(5-2)6-3;3-9(4,5)1-2-10(6,7)8/h4-6H2,1-3H3;1-2H2,(H,3,4,5)(H,6,7,8). The Morgan fingerprint density at radius 2 is 1.00 bits per heavy atom. The molecule has 0 aliphatic carbocycles. The highest BCUT2D eigenvalue weighted by molar-refractivity contribution is 7.89. The zero-order chi connectivity index (χ0) is 14.1. The molecule has 0 saturated heterocycles. The van der Waals surface area contributed by atoms with Crippen LogP contribution in [0.1, 0.15) is 20.8 Å². The van der Waals surface area contributed by atoms with Crippen LogP contribution in [0.5, 0.6) is 0 Å². The van der Waals surface area contributed by atoms with Crippen LogP contribution in [0.15, 0.2) is 0 Å². The number of hydrogen-bond acceptors (Lipinski definition) is 5. The topological polar surface area (TPSA) is 112 Å². The minimum atomic E-state index is -4.30. The lowest BCUT2D eigenvalue weighted by Crippen LogP contribution is -2.21. The Morgan fingerprint density at radius 1 is 0.765 bits per heavy atom. The van der Waals surface area contributed by atoms with E-state index < -0.39 is 31.7 Å². The summed E-state index contributed by atoms with van der Waals surface area (Å²) in [6, 6.07) is 0. The Balaban J connectivity index is 0. The van der Waals surface area contributed by atoms with Gasteiger partial charge in [-0.2, -0.15) is 16.8 Å². The zero-order valence-electron chi connectivity index (χ0n) is 10.3. The summed E-state index contributed by atoms with van der Waals surface area (Å²) in [5, 5.41) is 0. The highest BCUT2D eigenvalue weighted by Gasteiger charge is 2.11. The normalized spacial score (nSPS) is 12.1. The predicted octanol–water partition coefficient (Wildman–Crippen LogP) is 0.110. The summed E-state index contributed by atoms with van der Waals surface area (Å²) in [5.74, 6) is -1.96. The van der Waals surface area contributed by atoms with Gasteiger partial charge in [0.05, 0.1) is 11.5 Å². The van der Waals surface area contributed by atoms with Crippen molar-refractivity contribution in [3.05, 3.63) is 0 Å². The average molecular weight is 291 g/mol. The van der Waals surface area contributed by atoms with Crippen molar-refractivity contribution in [2.75, 3.05) is 31.1 Å². The molecule has 0 aromatic carbocycles. The summed E-state index contributed by atoms with van der Waals surface area (Å²) < 4.78 is 55.4. The number of hydrogen-bond donors (Lipinski definition) is 2. The van der Waals surface area contributed by atoms with Crippen LogP contribution in [0.2, 0.25) is 0 Å². The molecule has 0 aromatic heterocycles. The lowest BCUT2D eigenvalue weighted by molar-refractivity contribution is 0.321. The van der Waals surface area contributed by atoms with Crippen LogP contribution in [0, 0.1) is 0 Å². The predicted molar refractivity (Wildman–Crippen MR) is 66.3 cm³/mol. The van der Waals surface area contributed by atoms with Gasteiger partial charge >= 0.3 is 0 Å². The van der Waals surface area contributed by atoms with Crippen LogP contribution < -0.4 is 0 Å². The first-order chi connectivity index (χ1) is 7.55. The van der Waals surface area contributed by atoms with Gasteiger partial charge in [0.25, 0.3) is 20.2 Å². The van der Waals surface area contributed by atoms with Gasteiger partial charge in [0.15, 0.2) is 0 Å². The van der Waals surface area contributed by atoms with Crippen molar-refractivity contribution in [3.63, 3.8) is 0 Å². The van der Waals surface area contributed by atoms with Crippen molar-refractivity contribution in [2.45, 2.75) is 20.8 Å². The molecule has 0 fully saturated rings. The lowest BCUT2D eigenvalue weighted by Gasteiger charge is -2.13. The van der Waals surface area contributed by atoms with Crippen molar-refractivity contribution in [1.82, 2.24) is 4.90 Å². The minimum absolute atomic E-state index is 0.980. The summed E-state index contributed by atoms with van der Waals surface area (Å²) in [6.07, 6.45) is 0. The van der Waals surface area contributed by atoms with E-state index in [1.54, 1.807) is 0 Å². The van der Waals surface area contributed by atoms with Gasteiger partial charge in [-0.1, -0.05) is 20.8 Å². The van der Waals surface area contributed by atoms with E-state index in [-0.39, 0.29) is 0 Å². The third-order valence-electron chi connectivity index (χ3n) is 1.94. The molecule has 9 heteroatoms. The summed E-state index contributed by atoms with van der Waals surface area (Å²) >= 11 is 0. The fraction of sp³-hybridized carbons (Fsp3) is 1.00. The molecule has 0 heterocycles. The van der Waals surface area contributed by atoms with Gasteiger partial charge in [0.1, 0.15) is 0 Å². The Hall–Kier alpha value is -0.220. The molecular weight excluding hydrogens is 270 g/mol. The molecule has 0 aliphatic rings. The Bertz CT molecular complexity index is 333. The third-order valence-corrected chi connectivity index (χ3v) is 3.64. The van der Waals surface area contributed by atoms with Crippen LogP contribution in [-0.4, -0.2) is 62.0 Å². The molecule has 0 radical (unpaired) electrons. The van der Waals surface area contributed by atoms with Gasteiger partial charge in [-0.05, 0) is 19.6 Å². The van der Waals surface area contributed by atoms with Gasteiger partial charge in [0.2, 0.25) is 0 Å².